The van der Waals surface area contributed by atoms with Crippen LogP contribution in [0.4, 0.5) is 0 Å². The molecule has 0 amide bonds. The van der Waals surface area contributed by atoms with Gasteiger partial charge in [0.25, 0.3) is 0 Å². The number of aryl methyl sites for hydroxylation is 1. The lowest BCUT2D eigenvalue weighted by atomic mass is 9.95. The van der Waals surface area contributed by atoms with E-state index >= 15 is 0 Å². The normalized spacial score (nSPS) is 11.4. The van der Waals surface area contributed by atoms with Crippen LogP contribution in [0.1, 0.15) is 5.56 Å². The number of benzene rings is 4. The van der Waals surface area contributed by atoms with Crippen LogP contribution in [0.15, 0.2) is 60.7 Å². The first-order chi connectivity index (χ1) is 9.74. The second-order valence-corrected chi connectivity index (χ2v) is 5.31. The summed E-state index contributed by atoms with van der Waals surface area (Å²) in [6.07, 6.45) is 0. The Labute approximate surface area is 117 Å². The average molecular weight is 258 g/mol. The number of hydrogen-bond acceptors (Lipinski definition) is 1. The third-order valence-corrected chi connectivity index (χ3v) is 4.05. The molecule has 0 atom stereocenters. The van der Waals surface area contributed by atoms with Crippen LogP contribution >= 0.6 is 0 Å². The van der Waals surface area contributed by atoms with Gasteiger partial charge in [0.05, 0.1) is 0 Å². The fraction of sp³-hybridized carbons (Fsp3) is 0.0526. The summed E-state index contributed by atoms with van der Waals surface area (Å²) in [6, 6.07) is 20.7. The molecule has 0 heterocycles. The zero-order valence-corrected chi connectivity index (χ0v) is 11.2. The zero-order chi connectivity index (χ0) is 13.7. The van der Waals surface area contributed by atoms with Gasteiger partial charge in [-0.25, -0.2) is 0 Å². The molecule has 0 saturated carbocycles. The molecule has 1 N–H and O–H groups in total. The maximum Gasteiger partial charge on any atom is 0.116 e. The first-order valence-corrected chi connectivity index (χ1v) is 6.78. The Balaban J connectivity index is 2.28. The molecular formula is C19H14O. The number of phenolic OH excluding ortho intramolecular Hbond substituents is 1. The van der Waals surface area contributed by atoms with Gasteiger partial charge in [0.2, 0.25) is 0 Å². The van der Waals surface area contributed by atoms with E-state index in [0.717, 1.165) is 10.9 Å². The van der Waals surface area contributed by atoms with Crippen molar-refractivity contribution in [2.45, 2.75) is 6.92 Å². The maximum atomic E-state index is 9.88. The van der Waals surface area contributed by atoms with Crippen LogP contribution in [0.2, 0.25) is 0 Å². The summed E-state index contributed by atoms with van der Waals surface area (Å²) in [5.41, 5.74) is 1.11. The highest BCUT2D eigenvalue weighted by atomic mass is 16.3. The van der Waals surface area contributed by atoms with Gasteiger partial charge >= 0.3 is 0 Å². The van der Waals surface area contributed by atoms with E-state index in [2.05, 4.69) is 48.5 Å². The summed E-state index contributed by atoms with van der Waals surface area (Å²) < 4.78 is 0. The summed E-state index contributed by atoms with van der Waals surface area (Å²) >= 11 is 0. The van der Waals surface area contributed by atoms with Crippen molar-refractivity contribution in [3.05, 3.63) is 66.2 Å². The van der Waals surface area contributed by atoms with Crippen LogP contribution in [-0.4, -0.2) is 5.11 Å². The summed E-state index contributed by atoms with van der Waals surface area (Å²) in [4.78, 5) is 0. The minimum absolute atomic E-state index is 0.329. The second kappa shape index (κ2) is 3.97. The fourth-order valence-corrected chi connectivity index (χ4v) is 3.10. The minimum Gasteiger partial charge on any atom is -0.508 e. The fourth-order valence-electron chi connectivity index (χ4n) is 3.10. The molecule has 0 saturated heterocycles. The van der Waals surface area contributed by atoms with Gasteiger partial charge in [-0.1, -0.05) is 48.5 Å². The lowest BCUT2D eigenvalue weighted by Gasteiger charge is -2.09. The van der Waals surface area contributed by atoms with E-state index < -0.39 is 0 Å². The summed E-state index contributed by atoms with van der Waals surface area (Å²) in [6.45, 7) is 2.04. The first-order valence-electron chi connectivity index (χ1n) is 6.78. The van der Waals surface area contributed by atoms with E-state index in [0.29, 0.717) is 5.75 Å². The Morgan fingerprint density at radius 2 is 1.35 bits per heavy atom. The quantitative estimate of drug-likeness (QED) is 0.432. The third kappa shape index (κ3) is 1.50. The number of fused-ring (bicyclic) bond motifs is 5. The molecule has 0 spiro atoms. The summed E-state index contributed by atoms with van der Waals surface area (Å²) in [7, 11) is 0. The number of aromatic hydroxyl groups is 1. The van der Waals surface area contributed by atoms with Crippen molar-refractivity contribution in [3.63, 3.8) is 0 Å². The molecule has 0 aliphatic rings. The van der Waals surface area contributed by atoms with Crippen LogP contribution in [-0.2, 0) is 0 Å². The molecule has 4 rings (SSSR count). The Morgan fingerprint density at radius 3 is 2.25 bits per heavy atom. The van der Waals surface area contributed by atoms with Gasteiger partial charge in [-0.2, -0.15) is 0 Å². The zero-order valence-electron chi connectivity index (χ0n) is 11.2. The Hall–Kier alpha value is -2.54. The molecule has 0 fully saturated rings. The van der Waals surface area contributed by atoms with Gasteiger partial charge in [-0.3, -0.25) is 0 Å². The standard InChI is InChI=1S/C19H14O/c1-12-10-14(20)11-19-15(12)8-9-17-16-5-3-2-4-13(16)6-7-18(17)19/h2-11,20H,1H3. The molecule has 1 heteroatoms. The van der Waals surface area contributed by atoms with E-state index in [1.807, 2.05) is 19.1 Å². The van der Waals surface area contributed by atoms with Crippen LogP contribution < -0.4 is 0 Å². The van der Waals surface area contributed by atoms with Gasteiger partial charge in [-0.15, -0.1) is 0 Å². The molecule has 1 nitrogen and oxygen atoms in total. The van der Waals surface area contributed by atoms with Crippen molar-refractivity contribution in [1.29, 1.82) is 0 Å². The van der Waals surface area contributed by atoms with Crippen LogP contribution in [0.3, 0.4) is 0 Å². The summed E-state index contributed by atoms with van der Waals surface area (Å²) in [5.74, 6) is 0.329. The van der Waals surface area contributed by atoms with Crippen LogP contribution in [0.25, 0.3) is 32.3 Å². The van der Waals surface area contributed by atoms with Crippen molar-refractivity contribution in [2.75, 3.05) is 0 Å². The lowest BCUT2D eigenvalue weighted by Crippen LogP contribution is -1.83. The third-order valence-electron chi connectivity index (χ3n) is 4.05. The van der Waals surface area contributed by atoms with Crippen molar-refractivity contribution in [2.24, 2.45) is 0 Å². The lowest BCUT2D eigenvalue weighted by molar-refractivity contribution is 0.476. The number of rotatable bonds is 0. The highest BCUT2D eigenvalue weighted by molar-refractivity contribution is 6.17. The Morgan fingerprint density at radius 1 is 0.650 bits per heavy atom. The van der Waals surface area contributed by atoms with Crippen molar-refractivity contribution < 1.29 is 5.11 Å². The molecule has 0 unspecified atom stereocenters. The first kappa shape index (κ1) is 11.3. The second-order valence-electron chi connectivity index (χ2n) is 5.31. The monoisotopic (exact) mass is 258 g/mol. The van der Waals surface area contributed by atoms with E-state index in [1.54, 1.807) is 0 Å². The van der Waals surface area contributed by atoms with E-state index in [9.17, 15) is 5.11 Å². The highest BCUT2D eigenvalue weighted by Crippen LogP contribution is 2.34. The minimum atomic E-state index is 0.329. The van der Waals surface area contributed by atoms with Gasteiger partial charge in [0.15, 0.2) is 0 Å². The van der Waals surface area contributed by atoms with E-state index in [1.165, 1.54) is 26.9 Å². The van der Waals surface area contributed by atoms with Crippen LogP contribution in [0.5, 0.6) is 5.75 Å². The topological polar surface area (TPSA) is 20.2 Å². The van der Waals surface area contributed by atoms with Crippen molar-refractivity contribution in [3.8, 4) is 5.75 Å². The van der Waals surface area contributed by atoms with Gasteiger partial charge < -0.3 is 5.11 Å². The van der Waals surface area contributed by atoms with Crippen molar-refractivity contribution >= 4 is 32.3 Å². The molecule has 4 aromatic carbocycles. The molecule has 0 bridgehead atoms. The number of hydrogen-bond donors (Lipinski definition) is 1. The van der Waals surface area contributed by atoms with Gasteiger partial charge in [0, 0.05) is 0 Å². The molecule has 0 radical (unpaired) electrons. The van der Waals surface area contributed by atoms with Gasteiger partial charge in [-0.05, 0) is 56.9 Å². The molecule has 0 aliphatic heterocycles. The molecule has 20 heavy (non-hydrogen) atoms. The van der Waals surface area contributed by atoms with E-state index in [-0.39, 0.29) is 0 Å². The Kier molecular flexibility index (Phi) is 2.25. The molecule has 96 valence electrons. The predicted octanol–water partition coefficient (Wildman–Crippen LogP) is 5.16. The molecule has 0 aliphatic carbocycles. The largest absolute Gasteiger partial charge is 0.508 e. The Bertz CT molecular complexity index is 967. The predicted molar refractivity (Wildman–Crippen MR) is 85.4 cm³/mol. The van der Waals surface area contributed by atoms with Crippen LogP contribution in [0, 0.1) is 6.92 Å². The highest BCUT2D eigenvalue weighted by Gasteiger charge is 2.07. The smallest absolute Gasteiger partial charge is 0.116 e. The molecule has 0 aromatic heterocycles. The van der Waals surface area contributed by atoms with Gasteiger partial charge in [0.1, 0.15) is 5.75 Å². The van der Waals surface area contributed by atoms with Crippen molar-refractivity contribution in [1.82, 2.24) is 0 Å². The average Bonchev–Trinajstić information content (AvgIpc) is 2.46. The maximum absolute atomic E-state index is 9.88. The SMILES string of the molecule is Cc1cc(O)cc2c1ccc1c3ccccc3ccc21. The number of phenols is 1. The van der Waals surface area contributed by atoms with E-state index in [4.69, 9.17) is 0 Å². The molecular weight excluding hydrogens is 244 g/mol. The molecule has 4 aromatic rings. The summed E-state index contributed by atoms with van der Waals surface area (Å²) in [5, 5.41) is 17.1.